The third-order valence-electron chi connectivity index (χ3n) is 6.02. The van der Waals surface area contributed by atoms with Gasteiger partial charge in [-0.3, -0.25) is 4.79 Å². The summed E-state index contributed by atoms with van der Waals surface area (Å²) in [5, 5.41) is 15.5. The van der Waals surface area contributed by atoms with Gasteiger partial charge in [0.15, 0.2) is 9.84 Å². The van der Waals surface area contributed by atoms with Crippen molar-refractivity contribution in [2.75, 3.05) is 36.0 Å². The van der Waals surface area contributed by atoms with Gasteiger partial charge in [0.05, 0.1) is 28.7 Å². The van der Waals surface area contributed by atoms with E-state index < -0.39 is 9.84 Å². The van der Waals surface area contributed by atoms with E-state index in [9.17, 15) is 18.3 Å². The van der Waals surface area contributed by atoms with Gasteiger partial charge in [-0.2, -0.15) is 0 Å². The van der Waals surface area contributed by atoms with E-state index in [0.717, 1.165) is 19.6 Å². The van der Waals surface area contributed by atoms with E-state index in [4.69, 9.17) is 0 Å². The van der Waals surface area contributed by atoms with E-state index in [1.807, 2.05) is 0 Å². The molecule has 0 bridgehead atoms. The summed E-state index contributed by atoms with van der Waals surface area (Å²) in [6.45, 7) is 4.61. The molecule has 1 aliphatic rings. The van der Waals surface area contributed by atoms with Gasteiger partial charge in [-0.25, -0.2) is 18.4 Å². The molecule has 2 aromatic carbocycles. The summed E-state index contributed by atoms with van der Waals surface area (Å²) >= 11 is 0. The summed E-state index contributed by atoms with van der Waals surface area (Å²) in [5.41, 5.74) is 1.89. The molecular formula is C25H29N5O4S. The minimum absolute atomic E-state index is 0.0503. The van der Waals surface area contributed by atoms with Gasteiger partial charge in [0.1, 0.15) is 5.75 Å². The monoisotopic (exact) mass is 495 g/mol. The third kappa shape index (κ3) is 6.34. The molecule has 3 aromatic rings. The van der Waals surface area contributed by atoms with Crippen LogP contribution < -0.4 is 10.6 Å². The molecule has 1 amide bonds. The van der Waals surface area contributed by atoms with Gasteiger partial charge in [0.2, 0.25) is 5.95 Å². The predicted molar refractivity (Wildman–Crippen MR) is 135 cm³/mol. The Bertz CT molecular complexity index is 1270. The SMILES string of the molecule is Cc1c(O)cccc1C(=O)Nc1cnc(Nc2ccc(S(=O)(=O)CCCN3CCCC3)cc2)nc1. The molecule has 0 aliphatic carbocycles. The maximum Gasteiger partial charge on any atom is 0.256 e. The van der Waals surface area contributed by atoms with Crippen molar-refractivity contribution in [2.24, 2.45) is 0 Å². The van der Waals surface area contributed by atoms with Gasteiger partial charge in [0.25, 0.3) is 5.91 Å². The number of carbonyl (C=O) groups is 1. The fourth-order valence-corrected chi connectivity index (χ4v) is 5.30. The van der Waals surface area contributed by atoms with Crippen LogP contribution in [0.15, 0.2) is 59.8 Å². The van der Waals surface area contributed by atoms with Crippen LogP contribution >= 0.6 is 0 Å². The smallest absolute Gasteiger partial charge is 0.256 e. The quantitative estimate of drug-likeness (QED) is 0.410. The fraction of sp³-hybridized carbons (Fsp3) is 0.320. The van der Waals surface area contributed by atoms with E-state index in [0.29, 0.717) is 39.8 Å². The first-order valence-corrected chi connectivity index (χ1v) is 13.2. The zero-order valence-electron chi connectivity index (χ0n) is 19.6. The number of rotatable bonds is 9. The number of amides is 1. The topological polar surface area (TPSA) is 125 Å². The number of sulfone groups is 1. The highest BCUT2D eigenvalue weighted by molar-refractivity contribution is 7.91. The molecular weight excluding hydrogens is 466 g/mol. The third-order valence-corrected chi connectivity index (χ3v) is 7.83. The largest absolute Gasteiger partial charge is 0.508 e. The lowest BCUT2D eigenvalue weighted by molar-refractivity contribution is 0.102. The van der Waals surface area contributed by atoms with E-state index in [-0.39, 0.29) is 17.4 Å². The summed E-state index contributed by atoms with van der Waals surface area (Å²) in [6, 6.07) is 11.3. The number of carbonyl (C=O) groups excluding carboxylic acids is 1. The number of phenols is 1. The Kier molecular flexibility index (Phi) is 7.62. The van der Waals surface area contributed by atoms with Crippen molar-refractivity contribution >= 4 is 33.1 Å². The Labute approximate surface area is 205 Å². The molecule has 1 aliphatic heterocycles. The summed E-state index contributed by atoms with van der Waals surface area (Å²) in [7, 11) is -3.33. The first-order valence-electron chi connectivity index (χ1n) is 11.6. The number of hydrogen-bond acceptors (Lipinski definition) is 8. The van der Waals surface area contributed by atoms with Crippen molar-refractivity contribution in [3.8, 4) is 5.75 Å². The van der Waals surface area contributed by atoms with Gasteiger partial charge in [-0.15, -0.1) is 0 Å². The van der Waals surface area contributed by atoms with Crippen LogP contribution in [0, 0.1) is 6.92 Å². The van der Waals surface area contributed by atoms with Crippen LogP contribution in [0.2, 0.25) is 0 Å². The van der Waals surface area contributed by atoms with Crippen molar-refractivity contribution in [1.82, 2.24) is 14.9 Å². The molecule has 0 atom stereocenters. The molecule has 0 radical (unpaired) electrons. The first kappa shape index (κ1) is 24.6. The number of nitrogens with one attached hydrogen (secondary N) is 2. The molecule has 0 saturated carbocycles. The summed E-state index contributed by atoms with van der Waals surface area (Å²) in [4.78, 5) is 23.5. The van der Waals surface area contributed by atoms with Crippen LogP contribution in [0.3, 0.4) is 0 Å². The number of anilines is 3. The van der Waals surface area contributed by atoms with Gasteiger partial charge < -0.3 is 20.6 Å². The van der Waals surface area contributed by atoms with Crippen LogP contribution in [0.25, 0.3) is 0 Å². The fourth-order valence-electron chi connectivity index (χ4n) is 4.00. The number of hydrogen-bond donors (Lipinski definition) is 3. The van der Waals surface area contributed by atoms with Crippen LogP contribution in [0.1, 0.15) is 35.2 Å². The first-order chi connectivity index (χ1) is 16.8. The molecule has 4 rings (SSSR count). The number of aromatic hydroxyl groups is 1. The molecule has 3 N–H and O–H groups in total. The van der Waals surface area contributed by atoms with Crippen molar-refractivity contribution in [3.05, 3.63) is 66.0 Å². The van der Waals surface area contributed by atoms with Crippen LogP contribution in [-0.2, 0) is 9.84 Å². The molecule has 0 unspecified atom stereocenters. The van der Waals surface area contributed by atoms with E-state index in [1.54, 1.807) is 43.3 Å². The number of benzene rings is 2. The van der Waals surface area contributed by atoms with Gasteiger partial charge in [-0.1, -0.05) is 6.07 Å². The predicted octanol–water partition coefficient (Wildman–Crippen LogP) is 3.75. The Morgan fingerprint density at radius 3 is 2.40 bits per heavy atom. The van der Waals surface area contributed by atoms with Crippen molar-refractivity contribution in [2.45, 2.75) is 31.1 Å². The molecule has 35 heavy (non-hydrogen) atoms. The number of phenolic OH excluding ortho intramolecular Hbond substituents is 1. The highest BCUT2D eigenvalue weighted by Crippen LogP contribution is 2.22. The molecule has 1 fully saturated rings. The Balaban J connectivity index is 1.32. The standard InChI is InChI=1S/C25H29N5O4S/c1-18-22(6-4-7-23(18)31)24(32)28-20-16-26-25(27-17-20)29-19-8-10-21(11-9-19)35(33,34)15-5-14-30-12-2-3-13-30/h4,6-11,16-17,31H,2-3,5,12-15H2,1H3,(H,28,32)(H,26,27,29). The summed E-state index contributed by atoms with van der Waals surface area (Å²) in [6.07, 6.45) is 5.95. The summed E-state index contributed by atoms with van der Waals surface area (Å²) < 4.78 is 25.3. The summed E-state index contributed by atoms with van der Waals surface area (Å²) in [5.74, 6) is 0.112. The minimum Gasteiger partial charge on any atom is -0.508 e. The van der Waals surface area contributed by atoms with Gasteiger partial charge in [0, 0.05) is 16.8 Å². The van der Waals surface area contributed by atoms with Crippen LogP contribution in [0.4, 0.5) is 17.3 Å². The maximum absolute atomic E-state index is 12.6. The Hall–Kier alpha value is -3.50. The van der Waals surface area contributed by atoms with Crippen LogP contribution in [-0.4, -0.2) is 59.7 Å². The highest BCUT2D eigenvalue weighted by Gasteiger charge is 2.17. The van der Waals surface area contributed by atoms with Crippen molar-refractivity contribution in [3.63, 3.8) is 0 Å². The molecule has 1 aromatic heterocycles. The van der Waals surface area contributed by atoms with Crippen LogP contribution in [0.5, 0.6) is 5.75 Å². The lowest BCUT2D eigenvalue weighted by atomic mass is 10.1. The van der Waals surface area contributed by atoms with Gasteiger partial charge >= 0.3 is 0 Å². The average Bonchev–Trinajstić information content (AvgIpc) is 3.36. The second-order valence-corrected chi connectivity index (χ2v) is 10.7. The van der Waals surface area contributed by atoms with E-state index in [2.05, 4.69) is 25.5 Å². The number of aromatic nitrogens is 2. The number of likely N-dealkylation sites (tertiary alicyclic amines) is 1. The van der Waals surface area contributed by atoms with Crippen molar-refractivity contribution in [1.29, 1.82) is 0 Å². The highest BCUT2D eigenvalue weighted by atomic mass is 32.2. The molecule has 2 heterocycles. The van der Waals surface area contributed by atoms with Crippen molar-refractivity contribution < 1.29 is 18.3 Å². The molecule has 1 saturated heterocycles. The molecule has 10 heteroatoms. The normalized spacial score (nSPS) is 14.1. The molecule has 184 valence electrons. The zero-order chi connectivity index (χ0) is 24.8. The molecule has 9 nitrogen and oxygen atoms in total. The Morgan fingerprint density at radius 1 is 1.03 bits per heavy atom. The second-order valence-electron chi connectivity index (χ2n) is 8.57. The van der Waals surface area contributed by atoms with Gasteiger partial charge in [-0.05, 0) is 82.2 Å². The molecule has 0 spiro atoms. The zero-order valence-corrected chi connectivity index (χ0v) is 20.4. The second kappa shape index (κ2) is 10.8. The maximum atomic E-state index is 12.6. The number of nitrogens with zero attached hydrogens (tertiary/aromatic N) is 3. The lowest BCUT2D eigenvalue weighted by Crippen LogP contribution is -2.22. The average molecular weight is 496 g/mol. The Morgan fingerprint density at radius 2 is 1.71 bits per heavy atom. The lowest BCUT2D eigenvalue weighted by Gasteiger charge is -2.14. The van der Waals surface area contributed by atoms with E-state index >= 15 is 0 Å². The van der Waals surface area contributed by atoms with E-state index in [1.165, 1.54) is 31.3 Å². The minimum atomic E-state index is -3.33.